The smallest absolute Gasteiger partial charge is 0.406 e. The number of nitrogens with one attached hydrogen (secondary N) is 2. The molecular formula is C25H28F3N3O2. The fourth-order valence-corrected chi connectivity index (χ4v) is 4.66. The number of alkyl halides is 3. The summed E-state index contributed by atoms with van der Waals surface area (Å²) < 4.78 is 41.4. The number of para-hydroxylation sites is 1. The van der Waals surface area contributed by atoms with E-state index in [-0.39, 0.29) is 23.7 Å². The third kappa shape index (κ3) is 5.87. The van der Waals surface area contributed by atoms with Gasteiger partial charge in [0.05, 0.1) is 0 Å². The maximum Gasteiger partial charge on any atom is 0.573 e. The quantitative estimate of drug-likeness (QED) is 0.482. The average Bonchev–Trinajstić information content (AvgIpc) is 3.22. The lowest BCUT2D eigenvalue weighted by Crippen LogP contribution is -2.46. The van der Waals surface area contributed by atoms with Crippen molar-refractivity contribution in [2.24, 2.45) is 0 Å². The Balaban J connectivity index is 1.38. The van der Waals surface area contributed by atoms with E-state index < -0.39 is 6.36 Å². The van der Waals surface area contributed by atoms with Crippen molar-refractivity contribution in [2.75, 3.05) is 6.54 Å². The fourth-order valence-electron chi connectivity index (χ4n) is 4.66. The standard InChI is InChI=1S/C25H28F3N3O2/c1-2-31(24(32)23-14-18-8-3-4-12-22(18)30-23)20-10-6-9-19(15-20)29-16-17-7-5-11-21(13-17)33-25(26,27)28/h3-5,7-8,11-14,19-20,29-30H,2,6,9-10,15-16H2,1H3/t19-,20+/m1/s1. The van der Waals surface area contributed by atoms with Gasteiger partial charge in [0, 0.05) is 36.1 Å². The average molecular weight is 460 g/mol. The van der Waals surface area contributed by atoms with E-state index in [1.54, 1.807) is 12.1 Å². The number of aromatic amines is 1. The first-order chi connectivity index (χ1) is 15.8. The van der Waals surface area contributed by atoms with Crippen LogP contribution in [0.1, 0.15) is 48.7 Å². The number of aromatic nitrogens is 1. The number of rotatable bonds is 7. The molecule has 5 nitrogen and oxygen atoms in total. The number of benzene rings is 2. The molecule has 8 heteroatoms. The monoisotopic (exact) mass is 459 g/mol. The highest BCUT2D eigenvalue weighted by molar-refractivity contribution is 5.98. The Morgan fingerprint density at radius 1 is 1.15 bits per heavy atom. The van der Waals surface area contributed by atoms with Gasteiger partial charge in [-0.2, -0.15) is 0 Å². The van der Waals surface area contributed by atoms with Gasteiger partial charge in [-0.3, -0.25) is 4.79 Å². The number of nitrogens with zero attached hydrogens (tertiary/aromatic N) is 1. The zero-order chi connectivity index (χ0) is 23.4. The normalized spacial score (nSPS) is 18.9. The molecule has 1 heterocycles. The molecule has 1 aromatic heterocycles. The second-order valence-corrected chi connectivity index (χ2v) is 8.45. The Morgan fingerprint density at radius 3 is 2.73 bits per heavy atom. The molecule has 176 valence electrons. The van der Waals surface area contributed by atoms with Gasteiger partial charge in [-0.15, -0.1) is 13.2 Å². The molecule has 1 saturated carbocycles. The molecule has 33 heavy (non-hydrogen) atoms. The molecule has 0 aliphatic heterocycles. The number of fused-ring (bicyclic) bond motifs is 1. The summed E-state index contributed by atoms with van der Waals surface area (Å²) in [5, 5.41) is 4.47. The number of carbonyl (C=O) groups excluding carboxylic acids is 1. The van der Waals surface area contributed by atoms with Crippen molar-refractivity contribution in [2.45, 2.75) is 57.6 Å². The van der Waals surface area contributed by atoms with Crippen LogP contribution in [0.2, 0.25) is 0 Å². The molecule has 0 unspecified atom stereocenters. The largest absolute Gasteiger partial charge is 0.573 e. The minimum atomic E-state index is -4.70. The number of halogens is 3. The molecule has 3 aromatic rings. The number of hydrogen-bond acceptors (Lipinski definition) is 3. The third-order valence-electron chi connectivity index (χ3n) is 6.18. The van der Waals surface area contributed by atoms with Crippen LogP contribution >= 0.6 is 0 Å². The summed E-state index contributed by atoms with van der Waals surface area (Å²) in [6, 6.07) is 16.0. The van der Waals surface area contributed by atoms with Crippen LogP contribution in [-0.2, 0) is 6.54 Å². The molecule has 0 bridgehead atoms. The van der Waals surface area contributed by atoms with Crippen LogP contribution in [0.5, 0.6) is 5.75 Å². The van der Waals surface area contributed by atoms with Crippen molar-refractivity contribution in [1.82, 2.24) is 15.2 Å². The van der Waals surface area contributed by atoms with Crippen LogP contribution in [0, 0.1) is 0 Å². The molecule has 1 aliphatic carbocycles. The molecule has 0 saturated heterocycles. The molecule has 1 aliphatic rings. The number of amides is 1. The highest BCUT2D eigenvalue weighted by Gasteiger charge is 2.31. The summed E-state index contributed by atoms with van der Waals surface area (Å²) in [5.41, 5.74) is 2.26. The second-order valence-electron chi connectivity index (χ2n) is 8.45. The minimum absolute atomic E-state index is 0.00338. The number of H-pyrrole nitrogens is 1. The Kier molecular flexibility index (Phi) is 6.93. The van der Waals surface area contributed by atoms with Gasteiger partial charge in [0.15, 0.2) is 0 Å². The van der Waals surface area contributed by atoms with Gasteiger partial charge in [-0.1, -0.05) is 30.3 Å². The van der Waals surface area contributed by atoms with Crippen LogP contribution in [-0.4, -0.2) is 40.8 Å². The van der Waals surface area contributed by atoms with E-state index in [4.69, 9.17) is 0 Å². The van der Waals surface area contributed by atoms with E-state index >= 15 is 0 Å². The SMILES string of the molecule is CCN(C(=O)c1cc2ccccc2[nH]1)[C@H]1CCC[C@@H](NCc2cccc(OC(F)(F)F)c2)C1. The van der Waals surface area contributed by atoms with E-state index in [1.807, 2.05) is 42.2 Å². The Hall–Kier alpha value is -3.00. The van der Waals surface area contributed by atoms with Gasteiger partial charge in [0.1, 0.15) is 11.4 Å². The molecular weight excluding hydrogens is 431 g/mol. The van der Waals surface area contributed by atoms with Gasteiger partial charge in [0.25, 0.3) is 5.91 Å². The van der Waals surface area contributed by atoms with Gasteiger partial charge in [-0.25, -0.2) is 0 Å². The summed E-state index contributed by atoms with van der Waals surface area (Å²) in [6.45, 7) is 3.04. The van der Waals surface area contributed by atoms with Crippen molar-refractivity contribution < 1.29 is 22.7 Å². The third-order valence-corrected chi connectivity index (χ3v) is 6.18. The van der Waals surface area contributed by atoms with E-state index in [2.05, 4.69) is 15.0 Å². The van der Waals surface area contributed by atoms with Gasteiger partial charge in [-0.05, 0) is 62.4 Å². The summed E-state index contributed by atoms with van der Waals surface area (Å²) in [6.07, 6.45) is -1.02. The predicted octanol–water partition coefficient (Wildman–Crippen LogP) is 5.63. The molecule has 2 aromatic carbocycles. The first-order valence-corrected chi connectivity index (χ1v) is 11.3. The van der Waals surface area contributed by atoms with Crippen LogP contribution in [0.3, 0.4) is 0 Å². The molecule has 2 N–H and O–H groups in total. The zero-order valence-corrected chi connectivity index (χ0v) is 18.5. The number of carbonyl (C=O) groups is 1. The first-order valence-electron chi connectivity index (χ1n) is 11.3. The summed E-state index contributed by atoms with van der Waals surface area (Å²) in [7, 11) is 0. The fraction of sp³-hybridized carbons (Fsp3) is 0.400. The highest BCUT2D eigenvalue weighted by atomic mass is 19.4. The zero-order valence-electron chi connectivity index (χ0n) is 18.5. The summed E-state index contributed by atoms with van der Waals surface area (Å²) >= 11 is 0. The van der Waals surface area contributed by atoms with Crippen molar-refractivity contribution in [3.63, 3.8) is 0 Å². The van der Waals surface area contributed by atoms with Crippen molar-refractivity contribution in [1.29, 1.82) is 0 Å². The molecule has 0 spiro atoms. The predicted molar refractivity (Wildman–Crippen MR) is 121 cm³/mol. The second kappa shape index (κ2) is 9.87. The molecule has 0 radical (unpaired) electrons. The van der Waals surface area contributed by atoms with Crippen LogP contribution in [0.25, 0.3) is 10.9 Å². The molecule has 1 amide bonds. The van der Waals surface area contributed by atoms with Gasteiger partial charge < -0.3 is 19.9 Å². The number of hydrogen-bond donors (Lipinski definition) is 2. The maximum atomic E-state index is 13.3. The van der Waals surface area contributed by atoms with Crippen LogP contribution in [0.15, 0.2) is 54.6 Å². The Bertz CT molecular complexity index is 1060. The van der Waals surface area contributed by atoms with Crippen molar-refractivity contribution >= 4 is 16.8 Å². The molecule has 2 atom stereocenters. The summed E-state index contributed by atoms with van der Waals surface area (Å²) in [5.74, 6) is -0.222. The lowest BCUT2D eigenvalue weighted by Gasteiger charge is -2.37. The van der Waals surface area contributed by atoms with E-state index in [0.717, 1.165) is 42.1 Å². The highest BCUT2D eigenvalue weighted by Crippen LogP contribution is 2.27. The van der Waals surface area contributed by atoms with Crippen molar-refractivity contribution in [3.8, 4) is 5.75 Å². The first kappa shape index (κ1) is 23.2. The minimum Gasteiger partial charge on any atom is -0.406 e. The van der Waals surface area contributed by atoms with Crippen LogP contribution < -0.4 is 10.1 Å². The number of ether oxygens (including phenoxy) is 1. The lowest BCUT2D eigenvalue weighted by atomic mass is 9.89. The van der Waals surface area contributed by atoms with Crippen LogP contribution in [0.4, 0.5) is 13.2 Å². The summed E-state index contributed by atoms with van der Waals surface area (Å²) in [4.78, 5) is 18.4. The lowest BCUT2D eigenvalue weighted by molar-refractivity contribution is -0.274. The molecule has 1 fully saturated rings. The van der Waals surface area contributed by atoms with Crippen molar-refractivity contribution in [3.05, 3.63) is 65.9 Å². The van der Waals surface area contributed by atoms with Gasteiger partial charge >= 0.3 is 6.36 Å². The van der Waals surface area contributed by atoms with Gasteiger partial charge in [0.2, 0.25) is 0 Å². The topological polar surface area (TPSA) is 57.4 Å². The van der Waals surface area contributed by atoms with E-state index in [0.29, 0.717) is 18.8 Å². The Labute approximate surface area is 190 Å². The van der Waals surface area contributed by atoms with E-state index in [9.17, 15) is 18.0 Å². The van der Waals surface area contributed by atoms with E-state index in [1.165, 1.54) is 12.1 Å². The molecule has 4 rings (SSSR count). The Morgan fingerprint density at radius 2 is 1.97 bits per heavy atom. The maximum absolute atomic E-state index is 13.3.